The molecule has 0 radical (unpaired) electrons. The third-order valence-electron chi connectivity index (χ3n) is 2.68. The van der Waals surface area contributed by atoms with Gasteiger partial charge >= 0.3 is 11.9 Å². The Labute approximate surface area is 121 Å². The lowest BCUT2D eigenvalue weighted by Crippen LogP contribution is -2.42. The smallest absolute Gasteiger partial charge is 0.350 e. The molecule has 20 heavy (non-hydrogen) atoms. The molecule has 0 bridgehead atoms. The average Bonchev–Trinajstić information content (AvgIpc) is 2.31. The summed E-state index contributed by atoms with van der Waals surface area (Å²) in [6, 6.07) is 5.39. The van der Waals surface area contributed by atoms with Crippen molar-refractivity contribution >= 4 is 29.2 Å². The SMILES string of the molecule is Cc1cccc(NC=C2C(=O)OC(C)(C)OC2=O)c1Cl. The van der Waals surface area contributed by atoms with E-state index in [9.17, 15) is 9.59 Å². The predicted molar refractivity (Wildman–Crippen MR) is 74.2 cm³/mol. The van der Waals surface area contributed by atoms with E-state index in [1.807, 2.05) is 19.1 Å². The first kappa shape index (κ1) is 14.4. The molecule has 1 heterocycles. The number of hydrogen-bond acceptors (Lipinski definition) is 5. The Morgan fingerprint density at radius 3 is 2.40 bits per heavy atom. The van der Waals surface area contributed by atoms with Crippen LogP contribution in [-0.2, 0) is 19.1 Å². The van der Waals surface area contributed by atoms with Crippen LogP contribution < -0.4 is 5.32 Å². The molecule has 0 atom stereocenters. The van der Waals surface area contributed by atoms with Gasteiger partial charge in [-0.3, -0.25) is 0 Å². The van der Waals surface area contributed by atoms with Gasteiger partial charge in [-0.1, -0.05) is 23.7 Å². The van der Waals surface area contributed by atoms with Crippen molar-refractivity contribution in [2.24, 2.45) is 0 Å². The number of rotatable bonds is 2. The molecule has 5 nitrogen and oxygen atoms in total. The summed E-state index contributed by atoms with van der Waals surface area (Å²) in [4.78, 5) is 23.5. The highest BCUT2D eigenvalue weighted by Crippen LogP contribution is 2.26. The van der Waals surface area contributed by atoms with Gasteiger partial charge in [-0.2, -0.15) is 0 Å². The predicted octanol–water partition coefficient (Wildman–Crippen LogP) is 2.78. The van der Waals surface area contributed by atoms with Crippen molar-refractivity contribution in [2.75, 3.05) is 5.32 Å². The molecule has 1 aliphatic heterocycles. The maximum Gasteiger partial charge on any atom is 0.350 e. The molecule has 106 valence electrons. The second-order valence-electron chi connectivity index (χ2n) is 4.82. The van der Waals surface area contributed by atoms with Crippen molar-refractivity contribution in [1.29, 1.82) is 0 Å². The van der Waals surface area contributed by atoms with Crippen molar-refractivity contribution in [3.8, 4) is 0 Å². The molecular weight excluding hydrogens is 282 g/mol. The molecule has 1 saturated heterocycles. The topological polar surface area (TPSA) is 64.6 Å². The molecule has 1 aromatic rings. The van der Waals surface area contributed by atoms with Crippen LogP contribution in [0, 0.1) is 6.92 Å². The van der Waals surface area contributed by atoms with Gasteiger partial charge in [0, 0.05) is 20.0 Å². The average molecular weight is 296 g/mol. The lowest BCUT2D eigenvalue weighted by Gasteiger charge is -2.29. The van der Waals surface area contributed by atoms with Gasteiger partial charge in [-0.05, 0) is 18.6 Å². The van der Waals surface area contributed by atoms with Gasteiger partial charge < -0.3 is 14.8 Å². The molecule has 0 amide bonds. The molecule has 0 unspecified atom stereocenters. The van der Waals surface area contributed by atoms with Crippen molar-refractivity contribution in [2.45, 2.75) is 26.6 Å². The molecule has 0 aliphatic carbocycles. The molecule has 0 saturated carbocycles. The Morgan fingerprint density at radius 2 is 1.80 bits per heavy atom. The quantitative estimate of drug-likeness (QED) is 0.516. The number of hydrogen-bond donors (Lipinski definition) is 1. The summed E-state index contributed by atoms with van der Waals surface area (Å²) in [7, 11) is 0. The van der Waals surface area contributed by atoms with Crippen molar-refractivity contribution < 1.29 is 19.1 Å². The fourth-order valence-electron chi connectivity index (χ4n) is 1.69. The molecule has 0 spiro atoms. The first-order valence-corrected chi connectivity index (χ1v) is 6.36. The number of benzene rings is 1. The zero-order valence-corrected chi connectivity index (χ0v) is 12.1. The minimum absolute atomic E-state index is 0.207. The summed E-state index contributed by atoms with van der Waals surface area (Å²) in [5, 5.41) is 3.33. The summed E-state index contributed by atoms with van der Waals surface area (Å²) in [6.45, 7) is 4.83. The fourth-order valence-corrected chi connectivity index (χ4v) is 1.87. The van der Waals surface area contributed by atoms with Gasteiger partial charge in [0.05, 0.1) is 10.7 Å². The number of anilines is 1. The lowest BCUT2D eigenvalue weighted by molar-refractivity contribution is -0.222. The highest BCUT2D eigenvalue weighted by molar-refractivity contribution is 6.34. The number of esters is 2. The molecule has 1 aromatic carbocycles. The van der Waals surface area contributed by atoms with E-state index >= 15 is 0 Å². The minimum Gasteiger partial charge on any atom is -0.419 e. The van der Waals surface area contributed by atoms with Crippen LogP contribution >= 0.6 is 11.6 Å². The van der Waals surface area contributed by atoms with Crippen LogP contribution in [0.25, 0.3) is 0 Å². The monoisotopic (exact) mass is 295 g/mol. The normalized spacial score (nSPS) is 17.3. The Morgan fingerprint density at radius 1 is 1.20 bits per heavy atom. The van der Waals surface area contributed by atoms with Crippen LogP contribution in [-0.4, -0.2) is 17.7 Å². The molecular formula is C14H14ClNO4. The van der Waals surface area contributed by atoms with Gasteiger partial charge in [-0.15, -0.1) is 0 Å². The van der Waals surface area contributed by atoms with E-state index in [0.717, 1.165) is 5.56 Å². The second-order valence-corrected chi connectivity index (χ2v) is 5.20. The highest BCUT2D eigenvalue weighted by atomic mass is 35.5. The van der Waals surface area contributed by atoms with Gasteiger partial charge in [0.2, 0.25) is 0 Å². The van der Waals surface area contributed by atoms with Crippen molar-refractivity contribution in [1.82, 2.24) is 0 Å². The van der Waals surface area contributed by atoms with Crippen molar-refractivity contribution in [3.63, 3.8) is 0 Å². The molecule has 0 aromatic heterocycles. The zero-order valence-electron chi connectivity index (χ0n) is 11.3. The molecule has 1 aliphatic rings. The lowest BCUT2D eigenvalue weighted by atomic mass is 10.2. The van der Waals surface area contributed by atoms with E-state index in [4.69, 9.17) is 21.1 Å². The number of aryl methyl sites for hydroxylation is 1. The third kappa shape index (κ3) is 2.93. The summed E-state index contributed by atoms with van der Waals surface area (Å²) >= 11 is 6.10. The summed E-state index contributed by atoms with van der Waals surface area (Å²) in [5.41, 5.74) is 1.26. The Bertz CT molecular complexity index is 585. The molecule has 1 fully saturated rings. The number of carbonyl (C=O) groups excluding carboxylic acids is 2. The Hall–Kier alpha value is -2.01. The maximum absolute atomic E-state index is 11.7. The van der Waals surface area contributed by atoms with E-state index in [-0.39, 0.29) is 5.57 Å². The van der Waals surface area contributed by atoms with E-state index < -0.39 is 17.7 Å². The maximum atomic E-state index is 11.7. The number of carbonyl (C=O) groups is 2. The third-order valence-corrected chi connectivity index (χ3v) is 3.18. The summed E-state index contributed by atoms with van der Waals surface area (Å²) < 4.78 is 9.95. The first-order valence-electron chi connectivity index (χ1n) is 5.99. The first-order chi connectivity index (χ1) is 9.30. The largest absolute Gasteiger partial charge is 0.419 e. The van der Waals surface area contributed by atoms with E-state index in [1.54, 1.807) is 6.07 Å². The van der Waals surface area contributed by atoms with Gasteiger partial charge in [0.25, 0.3) is 5.79 Å². The number of cyclic esters (lactones) is 2. The Kier molecular flexibility index (Phi) is 3.72. The number of ether oxygens (including phenoxy) is 2. The van der Waals surface area contributed by atoms with E-state index in [1.165, 1.54) is 20.0 Å². The van der Waals surface area contributed by atoms with E-state index in [2.05, 4.69) is 5.32 Å². The van der Waals surface area contributed by atoms with Crippen LogP contribution in [0.15, 0.2) is 30.0 Å². The van der Waals surface area contributed by atoms with Crippen molar-refractivity contribution in [3.05, 3.63) is 40.6 Å². The molecule has 6 heteroatoms. The Balaban J connectivity index is 2.22. The zero-order chi connectivity index (χ0) is 14.9. The van der Waals surface area contributed by atoms with Crippen LogP contribution in [0.3, 0.4) is 0 Å². The van der Waals surface area contributed by atoms with Gasteiger partial charge in [-0.25, -0.2) is 9.59 Å². The second kappa shape index (κ2) is 5.17. The fraction of sp³-hybridized carbons (Fsp3) is 0.286. The van der Waals surface area contributed by atoms with Gasteiger partial charge in [0.15, 0.2) is 5.57 Å². The van der Waals surface area contributed by atoms with Gasteiger partial charge in [0.1, 0.15) is 0 Å². The summed E-state index contributed by atoms with van der Waals surface area (Å²) in [6.07, 6.45) is 1.24. The van der Waals surface area contributed by atoms with Crippen LogP contribution in [0.5, 0.6) is 0 Å². The molecule has 1 N–H and O–H groups in total. The van der Waals surface area contributed by atoms with Crippen LogP contribution in [0.1, 0.15) is 19.4 Å². The number of halogens is 1. The standard InChI is InChI=1S/C14H14ClNO4/c1-8-5-4-6-10(11(8)15)16-7-9-12(17)19-14(2,3)20-13(9)18/h4-7,16H,1-3H3. The van der Waals surface area contributed by atoms with Crippen LogP contribution in [0.2, 0.25) is 5.02 Å². The molecule has 2 rings (SSSR count). The minimum atomic E-state index is -1.24. The van der Waals surface area contributed by atoms with Crippen LogP contribution in [0.4, 0.5) is 5.69 Å². The summed E-state index contributed by atoms with van der Waals surface area (Å²) in [5.74, 6) is -2.71. The highest BCUT2D eigenvalue weighted by Gasteiger charge is 2.38. The van der Waals surface area contributed by atoms with E-state index in [0.29, 0.717) is 10.7 Å². The number of nitrogens with one attached hydrogen (secondary N) is 1.